The number of fused-ring (bicyclic) bond motifs is 2. The van der Waals surface area contributed by atoms with Gasteiger partial charge in [-0.25, -0.2) is 14.8 Å². The SMILES string of the molecule is COC(=O)c1cccc2nc3c(C(C)O[C@@H]4O[C@H](CO)[C@@H](O)[C@H](O)[C@H]4O)cccc3nc12. The molecule has 4 rings (SSSR count). The van der Waals surface area contributed by atoms with Gasteiger partial charge in [0, 0.05) is 5.56 Å². The molecule has 0 aliphatic carbocycles. The highest BCUT2D eigenvalue weighted by Crippen LogP contribution is 2.31. The zero-order chi connectivity index (χ0) is 23.0. The van der Waals surface area contributed by atoms with Crippen LogP contribution in [0.4, 0.5) is 0 Å². The normalized spacial score (nSPS) is 26.9. The Balaban J connectivity index is 1.70. The highest BCUT2D eigenvalue weighted by molar-refractivity contribution is 6.03. The van der Waals surface area contributed by atoms with Crippen LogP contribution in [-0.2, 0) is 14.2 Å². The van der Waals surface area contributed by atoms with E-state index in [1.54, 1.807) is 43.3 Å². The molecule has 0 amide bonds. The standard InChI is InChI=1S/C22H24N2O8/c1-10(31-22-20(28)19(27)18(26)15(9-25)32-22)11-5-3-7-13-16(11)23-14-8-4-6-12(17(14)24-13)21(29)30-2/h3-8,10,15,18-20,22,25-28H,9H2,1-2H3/t10?,15-,18-,19+,20-,22-/m1/s1. The van der Waals surface area contributed by atoms with Gasteiger partial charge in [0.2, 0.25) is 0 Å². The molecule has 0 bridgehead atoms. The van der Waals surface area contributed by atoms with Crippen molar-refractivity contribution in [2.75, 3.05) is 13.7 Å². The van der Waals surface area contributed by atoms with E-state index < -0.39 is 49.4 Å². The summed E-state index contributed by atoms with van der Waals surface area (Å²) in [5.74, 6) is -0.514. The van der Waals surface area contributed by atoms with Crippen molar-refractivity contribution in [1.82, 2.24) is 9.97 Å². The van der Waals surface area contributed by atoms with Crippen LogP contribution in [0.3, 0.4) is 0 Å². The maximum atomic E-state index is 12.1. The maximum absolute atomic E-state index is 12.1. The Hall–Kier alpha value is -2.73. The fourth-order valence-electron chi connectivity index (χ4n) is 3.80. The first-order valence-electron chi connectivity index (χ1n) is 10.1. The lowest BCUT2D eigenvalue weighted by Gasteiger charge is -2.40. The summed E-state index contributed by atoms with van der Waals surface area (Å²) >= 11 is 0. The van der Waals surface area contributed by atoms with Crippen LogP contribution in [0, 0.1) is 0 Å². The molecule has 1 aliphatic heterocycles. The average Bonchev–Trinajstić information content (AvgIpc) is 2.81. The van der Waals surface area contributed by atoms with Crippen molar-refractivity contribution < 1.29 is 39.4 Å². The quantitative estimate of drug-likeness (QED) is 0.322. The molecule has 2 aromatic carbocycles. The number of rotatable bonds is 5. The van der Waals surface area contributed by atoms with Crippen LogP contribution in [0.25, 0.3) is 22.1 Å². The van der Waals surface area contributed by atoms with E-state index in [-0.39, 0.29) is 0 Å². The zero-order valence-corrected chi connectivity index (χ0v) is 17.5. The summed E-state index contributed by atoms with van der Waals surface area (Å²) in [7, 11) is 1.30. The molecule has 4 N–H and O–H groups in total. The molecule has 10 heteroatoms. The third kappa shape index (κ3) is 3.92. The molecule has 1 aromatic heterocycles. The van der Waals surface area contributed by atoms with Gasteiger partial charge in [0.05, 0.1) is 41.9 Å². The Morgan fingerprint density at radius 2 is 1.69 bits per heavy atom. The van der Waals surface area contributed by atoms with E-state index in [1.807, 2.05) is 0 Å². The molecule has 170 valence electrons. The summed E-state index contributed by atoms with van der Waals surface area (Å²) in [6, 6.07) is 10.3. The van der Waals surface area contributed by atoms with Crippen LogP contribution in [0.2, 0.25) is 0 Å². The predicted molar refractivity (Wildman–Crippen MR) is 112 cm³/mol. The van der Waals surface area contributed by atoms with E-state index >= 15 is 0 Å². The number of aliphatic hydroxyl groups is 4. The van der Waals surface area contributed by atoms with Crippen molar-refractivity contribution in [3.05, 3.63) is 47.5 Å². The highest BCUT2D eigenvalue weighted by atomic mass is 16.7. The first-order chi connectivity index (χ1) is 15.3. The molecule has 0 radical (unpaired) electrons. The van der Waals surface area contributed by atoms with Crippen LogP contribution in [0.5, 0.6) is 0 Å². The van der Waals surface area contributed by atoms with Crippen molar-refractivity contribution in [2.45, 2.75) is 43.7 Å². The van der Waals surface area contributed by atoms with E-state index in [0.717, 1.165) is 0 Å². The summed E-state index contributed by atoms with van der Waals surface area (Å²) in [4.78, 5) is 21.3. The Morgan fingerprint density at radius 1 is 1.03 bits per heavy atom. The second-order valence-corrected chi connectivity index (χ2v) is 7.58. The van der Waals surface area contributed by atoms with E-state index in [4.69, 9.17) is 14.2 Å². The molecule has 1 aliphatic rings. The summed E-state index contributed by atoms with van der Waals surface area (Å²) in [6.07, 6.45) is -7.53. The van der Waals surface area contributed by atoms with Crippen LogP contribution in [0.15, 0.2) is 36.4 Å². The molecule has 0 saturated carbocycles. The summed E-state index contributed by atoms with van der Waals surface area (Å²) in [5.41, 5.74) is 2.89. The number of aliphatic hydroxyl groups excluding tert-OH is 4. The number of esters is 1. The minimum Gasteiger partial charge on any atom is -0.465 e. The fourth-order valence-corrected chi connectivity index (χ4v) is 3.80. The zero-order valence-electron chi connectivity index (χ0n) is 17.5. The summed E-state index contributed by atoms with van der Waals surface area (Å²) in [6.45, 7) is 1.17. The molecule has 3 aromatic rings. The molecule has 32 heavy (non-hydrogen) atoms. The number of carbonyl (C=O) groups is 1. The van der Waals surface area contributed by atoms with Crippen molar-refractivity contribution in [1.29, 1.82) is 0 Å². The third-order valence-corrected chi connectivity index (χ3v) is 5.56. The largest absolute Gasteiger partial charge is 0.465 e. The lowest BCUT2D eigenvalue weighted by atomic mass is 9.99. The third-order valence-electron chi connectivity index (χ3n) is 5.56. The van der Waals surface area contributed by atoms with E-state index in [1.165, 1.54) is 7.11 Å². The van der Waals surface area contributed by atoms with E-state index in [9.17, 15) is 25.2 Å². The molecule has 0 spiro atoms. The first kappa shape index (κ1) is 22.5. The second-order valence-electron chi connectivity index (χ2n) is 7.58. The highest BCUT2D eigenvalue weighted by Gasteiger charge is 2.44. The van der Waals surface area contributed by atoms with Gasteiger partial charge >= 0.3 is 5.97 Å². The van der Waals surface area contributed by atoms with Crippen molar-refractivity contribution in [3.63, 3.8) is 0 Å². The fraction of sp³-hybridized carbons (Fsp3) is 0.409. The number of hydrogen-bond donors (Lipinski definition) is 4. The number of para-hydroxylation sites is 2. The number of hydrogen-bond acceptors (Lipinski definition) is 10. The number of benzene rings is 2. The van der Waals surface area contributed by atoms with Gasteiger partial charge in [-0.2, -0.15) is 0 Å². The van der Waals surface area contributed by atoms with Gasteiger partial charge in [0.1, 0.15) is 29.9 Å². The summed E-state index contributed by atoms with van der Waals surface area (Å²) < 4.78 is 16.1. The van der Waals surface area contributed by atoms with Gasteiger partial charge in [0.25, 0.3) is 0 Å². The smallest absolute Gasteiger partial charge is 0.340 e. The van der Waals surface area contributed by atoms with Gasteiger partial charge in [0.15, 0.2) is 6.29 Å². The topological polar surface area (TPSA) is 151 Å². The minimum atomic E-state index is -1.54. The Kier molecular flexibility index (Phi) is 6.33. The van der Waals surface area contributed by atoms with Crippen LogP contribution in [-0.4, -0.2) is 80.8 Å². The predicted octanol–water partition coefficient (Wildman–Crippen LogP) is 0.447. The number of carbonyl (C=O) groups excluding carboxylic acids is 1. The molecule has 1 saturated heterocycles. The Labute approximate surface area is 183 Å². The van der Waals surface area contributed by atoms with Crippen molar-refractivity contribution in [2.24, 2.45) is 0 Å². The minimum absolute atomic E-state index is 0.301. The molecule has 1 fully saturated rings. The first-order valence-corrected chi connectivity index (χ1v) is 10.1. The maximum Gasteiger partial charge on any atom is 0.340 e. The molecule has 10 nitrogen and oxygen atoms in total. The average molecular weight is 444 g/mol. The molecular formula is C22H24N2O8. The Bertz CT molecular complexity index is 1140. The van der Waals surface area contributed by atoms with E-state index in [2.05, 4.69) is 9.97 Å². The number of aromatic nitrogens is 2. The Morgan fingerprint density at radius 3 is 2.38 bits per heavy atom. The van der Waals surface area contributed by atoms with Crippen LogP contribution in [0.1, 0.15) is 28.9 Å². The van der Waals surface area contributed by atoms with Gasteiger partial charge in [-0.15, -0.1) is 0 Å². The van der Waals surface area contributed by atoms with Crippen molar-refractivity contribution >= 4 is 28.0 Å². The van der Waals surface area contributed by atoms with Crippen LogP contribution >= 0.6 is 0 Å². The number of nitrogens with zero attached hydrogens (tertiary/aromatic N) is 2. The molecule has 6 atom stereocenters. The molecule has 2 heterocycles. The van der Waals surface area contributed by atoms with Gasteiger partial charge in [-0.3, -0.25) is 0 Å². The van der Waals surface area contributed by atoms with Crippen molar-refractivity contribution in [3.8, 4) is 0 Å². The molecule has 1 unspecified atom stereocenters. The van der Waals surface area contributed by atoms with Gasteiger partial charge < -0.3 is 34.6 Å². The monoisotopic (exact) mass is 444 g/mol. The number of ether oxygens (including phenoxy) is 3. The number of methoxy groups -OCH3 is 1. The molecular weight excluding hydrogens is 420 g/mol. The second kappa shape index (κ2) is 9.02. The lowest BCUT2D eigenvalue weighted by Crippen LogP contribution is -2.59. The van der Waals surface area contributed by atoms with E-state index in [0.29, 0.717) is 33.2 Å². The van der Waals surface area contributed by atoms with Gasteiger partial charge in [-0.1, -0.05) is 18.2 Å². The summed E-state index contributed by atoms with van der Waals surface area (Å²) in [5, 5.41) is 39.6. The lowest BCUT2D eigenvalue weighted by molar-refractivity contribution is -0.310. The van der Waals surface area contributed by atoms with Gasteiger partial charge in [-0.05, 0) is 25.1 Å². The van der Waals surface area contributed by atoms with Crippen LogP contribution < -0.4 is 0 Å².